The number of amides is 1. The van der Waals surface area contributed by atoms with Gasteiger partial charge >= 0.3 is 6.09 Å². The van der Waals surface area contributed by atoms with Gasteiger partial charge in [-0.1, -0.05) is 17.7 Å². The predicted molar refractivity (Wildman–Crippen MR) is 135 cm³/mol. The summed E-state index contributed by atoms with van der Waals surface area (Å²) in [5.74, 6) is 1.47. The number of piperazine rings is 1. The van der Waals surface area contributed by atoms with Crippen LogP contribution in [-0.4, -0.2) is 56.3 Å². The average molecular weight is 482 g/mol. The minimum absolute atomic E-state index is 0.0796. The third-order valence-electron chi connectivity index (χ3n) is 6.51. The summed E-state index contributed by atoms with van der Waals surface area (Å²) in [6.45, 7) is 11.1. The lowest BCUT2D eigenvalue weighted by atomic mass is 10.1. The number of carbonyl (C=O) groups excluding carboxylic acids is 1. The van der Waals surface area contributed by atoms with E-state index in [1.54, 1.807) is 6.33 Å². The quantitative estimate of drug-likeness (QED) is 0.474. The van der Waals surface area contributed by atoms with Gasteiger partial charge in [0.25, 0.3) is 0 Å². The molecule has 1 saturated carbocycles. The largest absolute Gasteiger partial charge is 0.444 e. The molecule has 0 radical (unpaired) electrons. The molecule has 1 aliphatic carbocycles. The fraction of sp³-hybridized carbons (Fsp3) is 0.500. The Hall–Kier alpha value is -2.80. The first-order valence-corrected chi connectivity index (χ1v) is 12.4. The second kappa shape index (κ2) is 8.45. The van der Waals surface area contributed by atoms with Crippen molar-refractivity contribution in [1.29, 1.82) is 0 Å². The van der Waals surface area contributed by atoms with Gasteiger partial charge in [0.05, 0.1) is 5.39 Å². The molecule has 0 bridgehead atoms. The molecule has 0 spiro atoms. The highest BCUT2D eigenvalue weighted by atomic mass is 35.5. The van der Waals surface area contributed by atoms with Gasteiger partial charge in [0.15, 0.2) is 0 Å². The third-order valence-corrected chi connectivity index (χ3v) is 6.75. The maximum Gasteiger partial charge on any atom is 0.410 e. The van der Waals surface area contributed by atoms with Crippen molar-refractivity contribution in [2.75, 3.05) is 18.0 Å². The molecule has 8 heteroatoms. The Morgan fingerprint density at radius 3 is 2.44 bits per heavy atom. The molecule has 2 aromatic heterocycles. The number of ether oxygens (including phenoxy) is 1. The van der Waals surface area contributed by atoms with E-state index in [2.05, 4.69) is 35.6 Å². The van der Waals surface area contributed by atoms with Crippen molar-refractivity contribution < 1.29 is 9.53 Å². The van der Waals surface area contributed by atoms with E-state index in [4.69, 9.17) is 26.3 Å². The minimum atomic E-state index is -0.512. The van der Waals surface area contributed by atoms with Crippen molar-refractivity contribution in [2.24, 2.45) is 0 Å². The number of benzene rings is 1. The van der Waals surface area contributed by atoms with Gasteiger partial charge in [0, 0.05) is 42.1 Å². The molecule has 2 fully saturated rings. The predicted octanol–water partition coefficient (Wildman–Crippen LogP) is 5.79. The fourth-order valence-corrected chi connectivity index (χ4v) is 5.20. The first-order chi connectivity index (χ1) is 16.1. The van der Waals surface area contributed by atoms with E-state index in [0.29, 0.717) is 24.0 Å². The lowest BCUT2D eigenvalue weighted by Gasteiger charge is -2.45. The second-order valence-corrected chi connectivity index (χ2v) is 11.0. The summed E-state index contributed by atoms with van der Waals surface area (Å²) in [4.78, 5) is 26.4. The Kier molecular flexibility index (Phi) is 5.71. The molecular weight excluding hydrogens is 450 g/mol. The minimum Gasteiger partial charge on any atom is -0.444 e. The number of rotatable bonds is 3. The van der Waals surface area contributed by atoms with Gasteiger partial charge < -0.3 is 19.1 Å². The molecule has 1 aliphatic heterocycles. The molecule has 1 saturated heterocycles. The van der Waals surface area contributed by atoms with Crippen LogP contribution in [0.4, 0.5) is 10.6 Å². The molecule has 3 heterocycles. The Bertz CT molecular complexity index is 1220. The standard InChI is InChI=1S/C26H32ClN5O2/c1-16-12-30(25(33)34-26(3,4)5)13-17(2)32(16)24-22-21(18-9-10-18)14-31(23(22)28-15-29-24)20-8-6-7-19(27)11-20/h6-8,11,14-18H,9-10,12-13H2,1-5H3/t16-,17-/m0/s1. The topological polar surface area (TPSA) is 63.5 Å². The van der Waals surface area contributed by atoms with E-state index < -0.39 is 5.60 Å². The number of anilines is 1. The van der Waals surface area contributed by atoms with Crippen LogP contribution in [0.15, 0.2) is 36.8 Å². The summed E-state index contributed by atoms with van der Waals surface area (Å²) in [7, 11) is 0. The van der Waals surface area contributed by atoms with Crippen LogP contribution in [-0.2, 0) is 4.74 Å². The summed E-state index contributed by atoms with van der Waals surface area (Å²) < 4.78 is 7.77. The van der Waals surface area contributed by atoms with E-state index in [1.807, 2.05) is 43.9 Å². The smallest absolute Gasteiger partial charge is 0.410 e. The van der Waals surface area contributed by atoms with Crippen molar-refractivity contribution in [3.63, 3.8) is 0 Å². The molecule has 0 unspecified atom stereocenters. The third kappa shape index (κ3) is 4.33. The molecule has 1 amide bonds. The van der Waals surface area contributed by atoms with Crippen molar-refractivity contribution in [1.82, 2.24) is 19.4 Å². The summed E-state index contributed by atoms with van der Waals surface area (Å²) in [6.07, 6.45) is 5.96. The summed E-state index contributed by atoms with van der Waals surface area (Å²) in [5, 5.41) is 1.80. The lowest BCUT2D eigenvalue weighted by molar-refractivity contribution is 0.0192. The number of hydrogen-bond acceptors (Lipinski definition) is 5. The van der Waals surface area contributed by atoms with Gasteiger partial charge in [-0.25, -0.2) is 14.8 Å². The van der Waals surface area contributed by atoms with E-state index in [1.165, 1.54) is 18.4 Å². The van der Waals surface area contributed by atoms with Gasteiger partial charge in [-0.3, -0.25) is 0 Å². The highest BCUT2D eigenvalue weighted by Gasteiger charge is 2.37. The number of nitrogens with zero attached hydrogens (tertiary/aromatic N) is 5. The van der Waals surface area contributed by atoms with Crippen LogP contribution in [0.3, 0.4) is 0 Å². The number of aromatic nitrogens is 3. The SMILES string of the molecule is C[C@H]1CN(C(=O)OC(C)(C)C)C[C@H](C)N1c1ncnc2c1c(C1CC1)cn2-c1cccc(Cl)c1. The Balaban J connectivity index is 1.54. The van der Waals surface area contributed by atoms with E-state index in [-0.39, 0.29) is 18.2 Å². The summed E-state index contributed by atoms with van der Waals surface area (Å²) in [5.41, 5.74) is 2.66. The first-order valence-electron chi connectivity index (χ1n) is 12.0. The summed E-state index contributed by atoms with van der Waals surface area (Å²) in [6, 6.07) is 8.01. The summed E-state index contributed by atoms with van der Waals surface area (Å²) >= 11 is 6.30. The zero-order chi connectivity index (χ0) is 24.2. The van der Waals surface area contributed by atoms with Crippen LogP contribution in [0.1, 0.15) is 58.9 Å². The van der Waals surface area contributed by atoms with Crippen molar-refractivity contribution in [3.8, 4) is 5.69 Å². The molecule has 34 heavy (non-hydrogen) atoms. The molecule has 2 aliphatic rings. The van der Waals surface area contributed by atoms with E-state index in [0.717, 1.165) is 22.5 Å². The molecule has 1 aromatic carbocycles. The molecule has 180 valence electrons. The molecule has 3 aromatic rings. The Morgan fingerprint density at radius 2 is 1.82 bits per heavy atom. The zero-order valence-electron chi connectivity index (χ0n) is 20.5. The van der Waals surface area contributed by atoms with Gasteiger partial charge in [0.1, 0.15) is 23.4 Å². The van der Waals surface area contributed by atoms with Crippen LogP contribution >= 0.6 is 11.6 Å². The molecular formula is C26H32ClN5O2. The van der Waals surface area contributed by atoms with Crippen molar-refractivity contribution in [3.05, 3.63) is 47.4 Å². The fourth-order valence-electron chi connectivity index (χ4n) is 5.01. The first kappa shape index (κ1) is 23.0. The van der Waals surface area contributed by atoms with Crippen molar-refractivity contribution in [2.45, 2.75) is 71.1 Å². The van der Waals surface area contributed by atoms with Gasteiger partial charge in [-0.05, 0) is 77.1 Å². The lowest BCUT2D eigenvalue weighted by Crippen LogP contribution is -2.59. The molecule has 0 N–H and O–H groups in total. The van der Waals surface area contributed by atoms with Crippen LogP contribution in [0.25, 0.3) is 16.7 Å². The number of halogens is 1. The maximum absolute atomic E-state index is 12.7. The van der Waals surface area contributed by atoms with Crippen molar-refractivity contribution >= 4 is 34.5 Å². The number of carbonyl (C=O) groups is 1. The average Bonchev–Trinajstić information content (AvgIpc) is 3.52. The van der Waals surface area contributed by atoms with Gasteiger partial charge in [0.2, 0.25) is 0 Å². The van der Waals surface area contributed by atoms with Gasteiger partial charge in [-0.2, -0.15) is 0 Å². The highest BCUT2D eigenvalue weighted by Crippen LogP contribution is 2.46. The molecule has 5 rings (SSSR count). The van der Waals surface area contributed by atoms with Crippen LogP contribution in [0.5, 0.6) is 0 Å². The van der Waals surface area contributed by atoms with Gasteiger partial charge in [-0.15, -0.1) is 0 Å². The number of fused-ring (bicyclic) bond motifs is 1. The Labute approximate surface area is 205 Å². The molecule has 7 nitrogen and oxygen atoms in total. The van der Waals surface area contributed by atoms with Crippen LogP contribution < -0.4 is 4.90 Å². The normalized spacial score (nSPS) is 21.2. The highest BCUT2D eigenvalue weighted by molar-refractivity contribution is 6.30. The monoisotopic (exact) mass is 481 g/mol. The van der Waals surface area contributed by atoms with Crippen LogP contribution in [0.2, 0.25) is 5.02 Å². The number of hydrogen-bond donors (Lipinski definition) is 0. The van der Waals surface area contributed by atoms with E-state index >= 15 is 0 Å². The molecule has 2 atom stereocenters. The maximum atomic E-state index is 12.7. The second-order valence-electron chi connectivity index (χ2n) is 10.6. The van der Waals surface area contributed by atoms with Crippen LogP contribution in [0, 0.1) is 0 Å². The van der Waals surface area contributed by atoms with E-state index in [9.17, 15) is 4.79 Å². The Morgan fingerprint density at radius 1 is 1.12 bits per heavy atom. The zero-order valence-corrected chi connectivity index (χ0v) is 21.2.